The van der Waals surface area contributed by atoms with Gasteiger partial charge in [0.25, 0.3) is 0 Å². The smallest absolute Gasteiger partial charge is 0.164 e. The lowest BCUT2D eigenvalue weighted by Crippen LogP contribution is -2.00. The van der Waals surface area contributed by atoms with E-state index in [-0.39, 0.29) is 23.5 Å². The van der Waals surface area contributed by atoms with Crippen LogP contribution in [0.4, 0.5) is 0 Å². The summed E-state index contributed by atoms with van der Waals surface area (Å²) in [4.78, 5) is 14.6. The lowest BCUT2D eigenvalue weighted by Gasteiger charge is -2.09. The van der Waals surface area contributed by atoms with E-state index < -0.39 is 18.1 Å². The minimum absolute atomic E-state index is 0.0161. The first-order valence-corrected chi connectivity index (χ1v) is 18.2. The topological polar surface area (TPSA) is 43.6 Å². The fourth-order valence-electron chi connectivity index (χ4n) is 7.25. The Balaban J connectivity index is 1.13. The Bertz CT molecular complexity index is 3380. The number of benzene rings is 7. The summed E-state index contributed by atoms with van der Waals surface area (Å²) < 4.78 is 49.4. The molecule has 6 heteroatoms. The van der Waals surface area contributed by atoms with Gasteiger partial charge in [-0.2, -0.15) is 0 Å². The Hall–Kier alpha value is -6.21. The fourth-order valence-corrected chi connectivity index (χ4v) is 9.59. The first kappa shape index (κ1) is 24.0. The van der Waals surface area contributed by atoms with Gasteiger partial charge in [0.05, 0.1) is 28.3 Å². The molecule has 4 aromatic heterocycles. The molecular weight excluding hydrogens is 661 g/mol. The predicted molar refractivity (Wildman–Crippen MR) is 216 cm³/mol. The summed E-state index contributed by atoms with van der Waals surface area (Å²) in [7, 11) is 0. The van der Waals surface area contributed by atoms with E-state index in [9.17, 15) is 0 Å². The highest BCUT2D eigenvalue weighted by molar-refractivity contribution is 7.26. The van der Waals surface area contributed by atoms with Gasteiger partial charge in [-0.3, -0.25) is 0 Å². The first-order valence-electron chi connectivity index (χ1n) is 19.0. The van der Waals surface area contributed by atoms with Crippen molar-refractivity contribution in [3.8, 4) is 39.9 Å². The average Bonchev–Trinajstić information content (AvgIpc) is 3.91. The molecule has 0 unspecified atom stereocenters. The lowest BCUT2D eigenvalue weighted by atomic mass is 10.1. The molecule has 0 amide bonds. The van der Waals surface area contributed by atoms with E-state index in [1.165, 1.54) is 20.9 Å². The summed E-state index contributed by atoms with van der Waals surface area (Å²) in [6.07, 6.45) is 0. The maximum Gasteiger partial charge on any atom is 0.164 e. The van der Waals surface area contributed by atoms with Crippen molar-refractivity contribution in [1.82, 2.24) is 19.5 Å². The van der Waals surface area contributed by atoms with Crippen molar-refractivity contribution in [3.63, 3.8) is 0 Å². The molecule has 238 valence electrons. The van der Waals surface area contributed by atoms with Gasteiger partial charge in [-0.15, -0.1) is 22.7 Å². The number of rotatable bonds is 4. The summed E-state index contributed by atoms with van der Waals surface area (Å²) in [6, 6.07) is 41.9. The Morgan fingerprint density at radius 1 is 0.431 bits per heavy atom. The van der Waals surface area contributed by atoms with E-state index in [1.807, 2.05) is 24.3 Å². The zero-order chi connectivity index (χ0) is 37.8. The Kier molecular flexibility index (Phi) is 5.25. The Labute approximate surface area is 307 Å². The molecule has 4 heterocycles. The van der Waals surface area contributed by atoms with Crippen LogP contribution in [0.1, 0.15) is 6.85 Å². The molecular formula is C45H26N4S2. The van der Waals surface area contributed by atoms with Crippen molar-refractivity contribution in [2.24, 2.45) is 0 Å². The van der Waals surface area contributed by atoms with E-state index in [4.69, 9.17) is 21.8 Å². The van der Waals surface area contributed by atoms with Gasteiger partial charge in [0, 0.05) is 63.1 Å². The number of nitrogens with zero attached hydrogens (tertiary/aromatic N) is 4. The van der Waals surface area contributed by atoms with Gasteiger partial charge in [0.2, 0.25) is 0 Å². The monoisotopic (exact) mass is 691 g/mol. The van der Waals surface area contributed by atoms with Crippen molar-refractivity contribution in [2.45, 2.75) is 0 Å². The van der Waals surface area contributed by atoms with Gasteiger partial charge in [0.15, 0.2) is 17.5 Å². The van der Waals surface area contributed by atoms with Gasteiger partial charge in [-0.1, -0.05) is 109 Å². The summed E-state index contributed by atoms with van der Waals surface area (Å²) >= 11 is 3.42. The molecule has 0 bridgehead atoms. The minimum atomic E-state index is -0.469. The van der Waals surface area contributed by atoms with Gasteiger partial charge in [0.1, 0.15) is 0 Å². The van der Waals surface area contributed by atoms with Crippen LogP contribution >= 0.6 is 22.7 Å². The van der Waals surface area contributed by atoms with Crippen molar-refractivity contribution in [3.05, 3.63) is 158 Å². The van der Waals surface area contributed by atoms with Crippen LogP contribution < -0.4 is 0 Å². The summed E-state index contributed by atoms with van der Waals surface area (Å²) in [5, 5.41) is 6.85. The molecule has 0 aliphatic heterocycles. The zero-order valence-corrected chi connectivity index (χ0v) is 28.4. The van der Waals surface area contributed by atoms with Crippen molar-refractivity contribution >= 4 is 84.8 Å². The SMILES string of the molecule is [2H]c1c([2H])c([2H])c(-c2nc(-c3ccc4c(c3)sc3ccccc34)nc(-c3ccc4sc5c(-n6c7ccccc7c7ccccc76)cccc5c4c3)n2)c([2H])c1[2H]. The normalized spacial score (nSPS) is 13.3. The molecule has 11 aromatic rings. The highest BCUT2D eigenvalue weighted by atomic mass is 32.1. The molecule has 0 saturated carbocycles. The number of hydrogen-bond donors (Lipinski definition) is 0. The van der Waals surface area contributed by atoms with Crippen LogP contribution in [0.3, 0.4) is 0 Å². The summed E-state index contributed by atoms with van der Waals surface area (Å²) in [5.74, 6) is 0.704. The highest BCUT2D eigenvalue weighted by Crippen LogP contribution is 2.42. The average molecular weight is 692 g/mol. The standard InChI is InChI=1S/C45H26N4S2/c1-2-11-27(12-3-1)43-46-44(48-45(47-43)29-21-23-33-32-15-6-9-20-39(32)50-41(33)26-29)28-22-24-40-35(25-28)34-16-10-19-38(42(34)51-40)49-36-17-7-4-13-30(36)31-14-5-8-18-37(31)49/h1-26H/i1D,2D,3D,11D,12D. The van der Waals surface area contributed by atoms with Crippen LogP contribution in [0.15, 0.2) is 158 Å². The van der Waals surface area contributed by atoms with E-state index in [0.29, 0.717) is 11.6 Å². The zero-order valence-electron chi connectivity index (χ0n) is 31.7. The third-order valence-corrected chi connectivity index (χ3v) is 11.9. The molecule has 11 rings (SSSR count). The van der Waals surface area contributed by atoms with Crippen LogP contribution in [0.25, 0.3) is 102 Å². The predicted octanol–water partition coefficient (Wildman–Crippen LogP) is 12.7. The van der Waals surface area contributed by atoms with Gasteiger partial charge < -0.3 is 4.57 Å². The van der Waals surface area contributed by atoms with Crippen molar-refractivity contribution < 1.29 is 6.85 Å². The second kappa shape index (κ2) is 11.2. The maximum absolute atomic E-state index is 8.78. The molecule has 0 spiro atoms. The van der Waals surface area contributed by atoms with Crippen LogP contribution in [0.5, 0.6) is 0 Å². The molecule has 0 radical (unpaired) electrons. The third kappa shape index (κ3) is 4.47. The fraction of sp³-hybridized carbons (Fsp3) is 0. The van der Waals surface area contributed by atoms with Crippen LogP contribution in [0.2, 0.25) is 0 Å². The molecule has 0 aliphatic carbocycles. The largest absolute Gasteiger partial charge is 0.308 e. The number of fused-ring (bicyclic) bond motifs is 9. The molecule has 4 nitrogen and oxygen atoms in total. The van der Waals surface area contributed by atoms with Gasteiger partial charge >= 0.3 is 0 Å². The summed E-state index contributed by atoms with van der Waals surface area (Å²) in [6.45, 7) is 0. The Morgan fingerprint density at radius 2 is 1.02 bits per heavy atom. The third-order valence-electron chi connectivity index (χ3n) is 9.55. The van der Waals surface area contributed by atoms with E-state index in [0.717, 1.165) is 58.1 Å². The highest BCUT2D eigenvalue weighted by Gasteiger charge is 2.18. The van der Waals surface area contributed by atoms with E-state index in [2.05, 4.69) is 108 Å². The van der Waals surface area contributed by atoms with Crippen LogP contribution in [-0.2, 0) is 0 Å². The van der Waals surface area contributed by atoms with Crippen molar-refractivity contribution in [2.75, 3.05) is 0 Å². The minimum Gasteiger partial charge on any atom is -0.308 e. The molecule has 51 heavy (non-hydrogen) atoms. The quantitative estimate of drug-likeness (QED) is 0.184. The second-order valence-corrected chi connectivity index (χ2v) is 14.6. The number of thiophene rings is 2. The number of aromatic nitrogens is 4. The Morgan fingerprint density at radius 3 is 1.78 bits per heavy atom. The van der Waals surface area contributed by atoms with E-state index >= 15 is 0 Å². The summed E-state index contributed by atoms with van der Waals surface area (Å²) in [5.41, 5.74) is 4.78. The van der Waals surface area contributed by atoms with Crippen molar-refractivity contribution in [1.29, 1.82) is 0 Å². The van der Waals surface area contributed by atoms with Gasteiger partial charge in [-0.05, 0) is 48.5 Å². The van der Waals surface area contributed by atoms with Crippen LogP contribution in [-0.4, -0.2) is 19.5 Å². The molecule has 7 aromatic carbocycles. The lowest BCUT2D eigenvalue weighted by molar-refractivity contribution is 1.08. The molecule has 0 aliphatic rings. The second-order valence-electron chi connectivity index (χ2n) is 12.5. The number of para-hydroxylation sites is 2. The van der Waals surface area contributed by atoms with Gasteiger partial charge in [-0.25, -0.2) is 15.0 Å². The molecule has 0 atom stereocenters. The maximum atomic E-state index is 8.78. The molecule has 0 fully saturated rings. The molecule has 0 N–H and O–H groups in total. The number of hydrogen-bond acceptors (Lipinski definition) is 5. The van der Waals surface area contributed by atoms with Crippen LogP contribution in [0, 0.1) is 0 Å². The molecule has 0 saturated heterocycles. The first-order chi connectivity index (χ1) is 27.3. The van der Waals surface area contributed by atoms with E-state index in [1.54, 1.807) is 22.7 Å².